The van der Waals surface area contributed by atoms with Crippen molar-refractivity contribution in [3.63, 3.8) is 0 Å². The molecule has 0 fully saturated rings. The Bertz CT molecular complexity index is 578. The zero-order valence-electron chi connectivity index (χ0n) is 31.9. The van der Waals surface area contributed by atoms with Gasteiger partial charge >= 0.3 is 17.1 Å². The van der Waals surface area contributed by atoms with E-state index in [0.29, 0.717) is 0 Å². The molecule has 0 rings (SSSR count). The van der Waals surface area contributed by atoms with E-state index in [9.17, 15) is 19.8 Å². The molecule has 1 radical (unpaired) electrons. The van der Waals surface area contributed by atoms with Crippen LogP contribution in [-0.4, -0.2) is 11.9 Å². The van der Waals surface area contributed by atoms with Gasteiger partial charge in [-0.15, -0.1) is 0 Å². The summed E-state index contributed by atoms with van der Waals surface area (Å²) in [6, 6.07) is 0. The third-order valence-electron chi connectivity index (χ3n) is 8.24. The van der Waals surface area contributed by atoms with Crippen molar-refractivity contribution in [2.75, 3.05) is 0 Å². The number of aliphatic carboxylic acids is 2. The normalized spacial score (nSPS) is 10.7. The monoisotopic (exact) mass is 712 g/mol. The average Bonchev–Trinajstić information content (AvgIpc) is 3.04. The van der Waals surface area contributed by atoms with Gasteiger partial charge in [-0.05, 0) is 77.0 Å². The first-order valence-corrected chi connectivity index (χ1v) is 20.2. The smallest absolute Gasteiger partial charge is 0.550 e. The molecule has 0 N–H and O–H groups in total. The average molecular weight is 713 g/mol. The molecule has 0 bridgehead atoms. The summed E-state index contributed by atoms with van der Waals surface area (Å²) < 4.78 is 0. The van der Waals surface area contributed by atoms with Crippen LogP contribution in [0.4, 0.5) is 0 Å². The molecular weight excluding hydrogens is 632 g/mol. The van der Waals surface area contributed by atoms with E-state index in [1.807, 2.05) is 0 Å². The Labute approximate surface area is 305 Å². The van der Waals surface area contributed by atoms with Crippen LogP contribution < -0.4 is 10.2 Å². The fourth-order valence-electron chi connectivity index (χ4n) is 5.18. The largest absolute Gasteiger partial charge is 2.00 e. The van der Waals surface area contributed by atoms with Crippen molar-refractivity contribution in [3.05, 3.63) is 24.3 Å². The van der Waals surface area contributed by atoms with Crippen LogP contribution in [0.2, 0.25) is 0 Å². The van der Waals surface area contributed by atoms with E-state index in [2.05, 4.69) is 52.0 Å². The number of hydrogen-bond acceptors (Lipinski definition) is 4. The van der Waals surface area contributed by atoms with Gasteiger partial charge in [0.2, 0.25) is 0 Å². The third kappa shape index (κ3) is 64.2. The summed E-state index contributed by atoms with van der Waals surface area (Å²) in [5.41, 5.74) is 0. The second kappa shape index (κ2) is 51.8. The van der Waals surface area contributed by atoms with E-state index < -0.39 is 11.9 Å². The van der Waals surface area contributed by atoms with Crippen LogP contribution in [0, 0.1) is 0 Å². The molecule has 0 amide bonds. The number of hydrogen-bond donors (Lipinski definition) is 0. The maximum absolute atomic E-state index is 10.2. The molecule has 283 valence electrons. The van der Waals surface area contributed by atoms with E-state index in [1.165, 1.54) is 154 Å². The van der Waals surface area contributed by atoms with Crippen LogP contribution in [0.25, 0.3) is 0 Å². The summed E-state index contributed by atoms with van der Waals surface area (Å²) in [5.74, 6) is -1.83. The molecule has 0 unspecified atom stereocenters. The maximum Gasteiger partial charge on any atom is 2.00 e. The fraction of sp³-hybridized carbons (Fsp3) is 0.857. The number of carbonyl (C=O) groups excluding carboxylic acids is 2. The number of carbonyl (C=O) groups is 2. The molecule has 4 nitrogen and oxygen atoms in total. The van der Waals surface area contributed by atoms with E-state index >= 15 is 0 Å². The number of rotatable bonds is 33. The minimum atomic E-state index is -0.914. The summed E-state index contributed by atoms with van der Waals surface area (Å²) in [4.78, 5) is 20.4. The first-order valence-electron chi connectivity index (χ1n) is 20.2. The summed E-state index contributed by atoms with van der Waals surface area (Å²) in [5, 5.41) is 20.4. The number of unbranched alkanes of at least 4 members (excludes halogenated alkanes) is 25. The molecule has 0 aromatic carbocycles. The quantitative estimate of drug-likeness (QED) is 0.0385. The molecule has 0 spiro atoms. The van der Waals surface area contributed by atoms with Crippen molar-refractivity contribution >= 4 is 11.9 Å². The van der Waals surface area contributed by atoms with Gasteiger partial charge in [0.05, 0.1) is 0 Å². The van der Waals surface area contributed by atoms with Crippen LogP contribution in [-0.2, 0) is 26.7 Å². The fourth-order valence-corrected chi connectivity index (χ4v) is 5.18. The van der Waals surface area contributed by atoms with E-state index in [0.717, 1.165) is 38.5 Å². The minimum absolute atomic E-state index is 0. The van der Waals surface area contributed by atoms with Gasteiger partial charge in [0.25, 0.3) is 0 Å². The first kappa shape index (κ1) is 52.7. The van der Waals surface area contributed by atoms with Crippen LogP contribution in [0.1, 0.15) is 233 Å². The van der Waals surface area contributed by atoms with Crippen LogP contribution in [0.15, 0.2) is 24.3 Å². The predicted molar refractivity (Wildman–Crippen MR) is 199 cm³/mol. The molecule has 0 aliphatic rings. The summed E-state index contributed by atoms with van der Waals surface area (Å²) in [7, 11) is 0. The van der Waals surface area contributed by atoms with Crippen molar-refractivity contribution in [2.45, 2.75) is 233 Å². The van der Waals surface area contributed by atoms with Gasteiger partial charge in [0.1, 0.15) is 0 Å². The molecule has 0 aliphatic heterocycles. The second-order valence-corrected chi connectivity index (χ2v) is 13.1. The molecule has 0 aliphatic carbocycles. The van der Waals surface area contributed by atoms with Gasteiger partial charge in [-0.2, -0.15) is 0 Å². The van der Waals surface area contributed by atoms with Crippen LogP contribution in [0.3, 0.4) is 0 Å². The molecule has 0 saturated heterocycles. The van der Waals surface area contributed by atoms with E-state index in [-0.39, 0.29) is 29.9 Å². The van der Waals surface area contributed by atoms with E-state index in [4.69, 9.17) is 0 Å². The van der Waals surface area contributed by atoms with Crippen molar-refractivity contribution in [2.24, 2.45) is 0 Å². The first-order chi connectivity index (χ1) is 22.5. The molecule has 0 aromatic rings. The molecule has 5 heteroatoms. The Morgan fingerprint density at radius 1 is 0.340 bits per heavy atom. The van der Waals surface area contributed by atoms with Crippen molar-refractivity contribution in [1.29, 1.82) is 0 Å². The van der Waals surface area contributed by atoms with Gasteiger partial charge < -0.3 is 19.8 Å². The van der Waals surface area contributed by atoms with Crippen molar-refractivity contribution in [1.82, 2.24) is 0 Å². The Kier molecular flexibility index (Phi) is 58.1. The topological polar surface area (TPSA) is 80.3 Å². The Hall–Kier alpha value is -1.06. The molecule has 0 heterocycles. The van der Waals surface area contributed by atoms with Gasteiger partial charge in [0, 0.05) is 11.9 Å². The summed E-state index contributed by atoms with van der Waals surface area (Å²) >= 11 is 0. The van der Waals surface area contributed by atoms with Crippen LogP contribution >= 0.6 is 0 Å². The van der Waals surface area contributed by atoms with Gasteiger partial charge in [0.15, 0.2) is 0 Å². The van der Waals surface area contributed by atoms with E-state index in [1.54, 1.807) is 0 Å². The zero-order chi connectivity index (χ0) is 34.6. The maximum atomic E-state index is 10.2. The molecule has 47 heavy (non-hydrogen) atoms. The third-order valence-corrected chi connectivity index (χ3v) is 8.24. The number of carboxylic acid groups (broad SMARTS) is 2. The van der Waals surface area contributed by atoms with Crippen molar-refractivity contribution in [3.8, 4) is 0 Å². The number of carboxylic acids is 2. The molecular formula is C42H80CuO4. The minimum Gasteiger partial charge on any atom is -0.550 e. The molecule has 0 saturated carbocycles. The SMILES string of the molecule is CCCCCC.CCCCCCCC/C=C\CCCCCCCC(=O)[O-].CCCCCCCC/C=C\CCCCCCCC(=O)[O-].[Cu+2]. The Balaban J connectivity index is -0.000000329. The van der Waals surface area contributed by atoms with Gasteiger partial charge in [-0.3, -0.25) is 0 Å². The van der Waals surface area contributed by atoms with Gasteiger partial charge in [-0.25, -0.2) is 0 Å². The second-order valence-electron chi connectivity index (χ2n) is 13.1. The van der Waals surface area contributed by atoms with Crippen LogP contribution in [0.5, 0.6) is 0 Å². The Morgan fingerprint density at radius 3 is 0.766 bits per heavy atom. The zero-order valence-corrected chi connectivity index (χ0v) is 32.8. The Morgan fingerprint density at radius 2 is 0.532 bits per heavy atom. The molecule has 0 aromatic heterocycles. The molecule has 0 atom stereocenters. The summed E-state index contributed by atoms with van der Waals surface area (Å²) in [6.07, 6.45) is 47.3. The van der Waals surface area contributed by atoms with Crippen molar-refractivity contribution < 1.29 is 36.9 Å². The van der Waals surface area contributed by atoms with Gasteiger partial charge in [-0.1, -0.05) is 180 Å². The summed E-state index contributed by atoms with van der Waals surface area (Å²) in [6.45, 7) is 8.98. The predicted octanol–water partition coefficient (Wildman–Crippen LogP) is 12.1. The number of allylic oxidation sites excluding steroid dienone is 4. The standard InChI is InChI=1S/2C18H34O2.C6H14.Cu/c2*1-2-3-4-5-6-7-8-9-10-11-12-13-14-15-16-17-18(19)20;1-3-5-6-4-2;/h2*9-10H,2-8,11-17H2,1H3,(H,19,20);3-6H2,1-2H3;/q;;;+2/p-2/b2*10-9-;;.